The molecule has 0 spiro atoms. The molecule has 8 aromatic rings. The number of sulfone groups is 2. The van der Waals surface area contributed by atoms with E-state index in [1.54, 1.807) is 24.5 Å². The molecule has 6 aromatic heterocycles. The van der Waals surface area contributed by atoms with Gasteiger partial charge in [0.05, 0.1) is 72.6 Å². The first kappa shape index (κ1) is 53.3. The van der Waals surface area contributed by atoms with Crippen molar-refractivity contribution >= 4 is 42.9 Å². The lowest BCUT2D eigenvalue weighted by molar-refractivity contribution is 0.242. The first-order chi connectivity index (χ1) is 36.8. The molecule has 2 aromatic carbocycles. The molecule has 0 saturated heterocycles. The van der Waals surface area contributed by atoms with E-state index in [4.69, 9.17) is 33.2 Å². The van der Waals surface area contributed by atoms with Crippen LogP contribution in [0.2, 0.25) is 10.0 Å². The van der Waals surface area contributed by atoms with Crippen molar-refractivity contribution in [2.75, 3.05) is 24.0 Å². The van der Waals surface area contributed by atoms with Crippen LogP contribution < -0.4 is 0 Å². The molecule has 0 radical (unpaired) electrons. The minimum Gasteiger partial charge on any atom is -0.229 e. The zero-order valence-corrected chi connectivity index (χ0v) is 45.9. The fraction of sp³-hybridized carbons (Fsp3) is 0.385. The maximum absolute atomic E-state index is 14.8. The number of hydrogen-bond acceptors (Lipinski definition) is 16. The van der Waals surface area contributed by atoms with Gasteiger partial charge in [-0.15, -0.1) is 20.4 Å². The maximum atomic E-state index is 14.8. The Morgan fingerprint density at radius 3 is 1.49 bits per heavy atom. The molecular formula is C52H48Cl2F4N14O4S2. The smallest absolute Gasteiger partial charge is 0.229 e. The molecule has 0 amide bonds. The number of benzene rings is 2. The highest BCUT2D eigenvalue weighted by Crippen LogP contribution is 2.71. The average Bonchev–Trinajstić information content (AvgIpc) is 2.89. The number of aromatic nitrogens is 14. The van der Waals surface area contributed by atoms with Crippen molar-refractivity contribution in [2.45, 2.75) is 88.9 Å². The first-order valence-corrected chi connectivity index (χ1v) is 29.6. The van der Waals surface area contributed by atoms with E-state index in [9.17, 15) is 34.4 Å². The van der Waals surface area contributed by atoms with Gasteiger partial charge in [-0.25, -0.2) is 64.3 Å². The predicted octanol–water partition coefficient (Wildman–Crippen LogP) is 8.47. The van der Waals surface area contributed by atoms with E-state index < -0.39 is 53.8 Å². The molecule has 78 heavy (non-hydrogen) atoms. The summed E-state index contributed by atoms with van der Waals surface area (Å²) < 4.78 is 108. The predicted molar refractivity (Wildman–Crippen MR) is 279 cm³/mol. The van der Waals surface area contributed by atoms with E-state index in [0.29, 0.717) is 23.5 Å². The Hall–Kier alpha value is -6.76. The SMILES string of the molecule is CC1(C)[C@H]2CC[C@]1(c1ccnc(-n3cnc(CCS(C)(=O)=O)n3)n1)c1nnc(-c3c(F)cc(Cl)cc3F)cc12.CC1(C)[C@H]2CC[C@]1(c1ccnc(-n3cnc(CCS(C)(=O)=O)n3)n1)c1nnc(-c3c(F)ccc(Cl)c3F)cc12. The van der Waals surface area contributed by atoms with Crippen LogP contribution in [0.15, 0.2) is 73.6 Å². The second kappa shape index (κ2) is 19.0. The molecule has 4 aliphatic carbocycles. The largest absolute Gasteiger partial charge is 0.252 e. The van der Waals surface area contributed by atoms with E-state index in [2.05, 4.69) is 78.2 Å². The summed E-state index contributed by atoms with van der Waals surface area (Å²) in [7, 11) is -6.31. The Bertz CT molecular complexity index is 3970. The standard InChI is InChI=1S/2C26H24ClF2N7O2S/c1-25(2)16-4-7-26(25,23-15(16)12-19(33-34-23)22-17(28)10-14(27)11-18(22)29)20-5-8-30-24(32-20)36-13-31-21(35-36)6-9-39(3,37)38;1-25(2)15-6-9-26(25,23-14(15)12-18(33-34-23)21-17(28)5-4-16(27)22(21)29)19-7-10-30-24(32-19)36-13-31-20(35-36)8-11-39(3,37)38/h5,8,10-13,16H,4,6-7,9H2,1-3H3;4-5,7,10,12-13,15H,6,8-9,11H2,1-3H3/t16-,26-;15-,26-/m00/s1. The van der Waals surface area contributed by atoms with E-state index in [1.807, 2.05) is 12.1 Å². The third kappa shape index (κ3) is 8.72. The molecule has 6 heterocycles. The number of aryl methyl sites for hydroxylation is 2. The van der Waals surface area contributed by atoms with Crippen LogP contribution in [0.5, 0.6) is 0 Å². The summed E-state index contributed by atoms with van der Waals surface area (Å²) in [5.74, 6) is -1.85. The third-order valence-electron chi connectivity index (χ3n) is 16.4. The maximum Gasteiger partial charge on any atom is 0.252 e. The lowest BCUT2D eigenvalue weighted by Crippen LogP contribution is -2.38. The quantitative estimate of drug-likeness (QED) is 0.0824. The lowest BCUT2D eigenvalue weighted by atomic mass is 9.66. The van der Waals surface area contributed by atoms with E-state index in [-0.39, 0.29) is 79.6 Å². The fourth-order valence-corrected chi connectivity index (χ4v) is 14.0. The minimum atomic E-state index is -3.15. The van der Waals surface area contributed by atoms with Crippen LogP contribution in [0, 0.1) is 34.1 Å². The van der Waals surface area contributed by atoms with Crippen LogP contribution in [-0.2, 0) is 43.3 Å². The van der Waals surface area contributed by atoms with Gasteiger partial charge in [-0.1, -0.05) is 50.9 Å². The van der Waals surface area contributed by atoms with Crippen LogP contribution in [0.3, 0.4) is 0 Å². The van der Waals surface area contributed by atoms with Crippen LogP contribution in [0.4, 0.5) is 17.6 Å². The molecule has 0 N–H and O–H groups in total. The fourth-order valence-electron chi connectivity index (χ4n) is 12.5. The molecule has 404 valence electrons. The van der Waals surface area contributed by atoms with Crippen molar-refractivity contribution in [1.29, 1.82) is 0 Å². The summed E-state index contributed by atoms with van der Waals surface area (Å²) in [5.41, 5.74) is 2.50. The van der Waals surface area contributed by atoms with Gasteiger partial charge in [-0.2, -0.15) is 19.6 Å². The topological polar surface area (TPSA) is 233 Å². The van der Waals surface area contributed by atoms with Crippen LogP contribution in [0.25, 0.3) is 34.4 Å². The summed E-state index contributed by atoms with van der Waals surface area (Å²) >= 11 is 11.7. The number of nitrogens with zero attached hydrogens (tertiary/aromatic N) is 14. The van der Waals surface area contributed by atoms with E-state index in [0.717, 1.165) is 77.8 Å². The summed E-state index contributed by atoms with van der Waals surface area (Å²) in [6, 6.07) is 11.6. The van der Waals surface area contributed by atoms with Gasteiger partial charge >= 0.3 is 0 Å². The van der Waals surface area contributed by atoms with Crippen molar-refractivity contribution in [2.24, 2.45) is 10.8 Å². The number of rotatable bonds is 12. The Balaban J connectivity index is 0.000000165. The van der Waals surface area contributed by atoms with Crippen molar-refractivity contribution in [1.82, 2.24) is 69.9 Å². The second-order valence-corrected chi connectivity index (χ2v) is 26.8. The van der Waals surface area contributed by atoms with Crippen LogP contribution >= 0.6 is 23.2 Å². The van der Waals surface area contributed by atoms with Gasteiger partial charge in [0.25, 0.3) is 11.9 Å². The normalized spacial score (nSPS) is 21.3. The van der Waals surface area contributed by atoms with E-state index >= 15 is 0 Å². The Morgan fingerprint density at radius 1 is 0.590 bits per heavy atom. The molecule has 0 unspecified atom stereocenters. The highest BCUT2D eigenvalue weighted by atomic mass is 35.5. The first-order valence-electron chi connectivity index (χ1n) is 24.7. The number of fused-ring (bicyclic) bond motifs is 10. The summed E-state index contributed by atoms with van der Waals surface area (Å²) in [5, 5.41) is 26.1. The average molecular weight is 1140 g/mol. The molecule has 4 bridgehead atoms. The van der Waals surface area contributed by atoms with Gasteiger partial charge in [0.1, 0.15) is 49.8 Å². The van der Waals surface area contributed by atoms with Gasteiger partial charge < -0.3 is 0 Å². The molecule has 26 heteroatoms. The highest BCUT2D eigenvalue weighted by molar-refractivity contribution is 7.90. The molecule has 18 nitrogen and oxygen atoms in total. The molecule has 2 saturated carbocycles. The van der Waals surface area contributed by atoms with Crippen molar-refractivity contribution in [3.8, 4) is 34.4 Å². The van der Waals surface area contributed by atoms with Crippen LogP contribution in [0.1, 0.15) is 111 Å². The summed E-state index contributed by atoms with van der Waals surface area (Å²) in [6.07, 6.45) is 12.1. The number of hydrogen-bond donors (Lipinski definition) is 0. The zero-order chi connectivity index (χ0) is 55.5. The van der Waals surface area contributed by atoms with E-state index in [1.165, 1.54) is 40.6 Å². The van der Waals surface area contributed by atoms with Crippen molar-refractivity contribution in [3.05, 3.63) is 152 Å². The lowest BCUT2D eigenvalue weighted by Gasteiger charge is -2.37. The summed E-state index contributed by atoms with van der Waals surface area (Å²) in [4.78, 5) is 26.9. The molecule has 0 aliphatic heterocycles. The summed E-state index contributed by atoms with van der Waals surface area (Å²) in [6.45, 7) is 8.59. The highest BCUT2D eigenvalue weighted by Gasteiger charge is 2.66. The molecule has 12 rings (SSSR count). The van der Waals surface area contributed by atoms with Crippen molar-refractivity contribution < 1.29 is 34.4 Å². The molecule has 4 atom stereocenters. The molecule has 2 fully saturated rings. The van der Waals surface area contributed by atoms with Gasteiger partial charge in [0.2, 0.25) is 0 Å². The Labute approximate surface area is 455 Å². The number of halogens is 6. The molecule has 4 aliphatic rings. The monoisotopic (exact) mass is 1140 g/mol. The second-order valence-electron chi connectivity index (χ2n) is 21.4. The Kier molecular flexibility index (Phi) is 13.0. The van der Waals surface area contributed by atoms with Crippen LogP contribution in [-0.4, -0.2) is 111 Å². The van der Waals surface area contributed by atoms with Gasteiger partial charge in [0, 0.05) is 42.8 Å². The van der Waals surface area contributed by atoms with Crippen molar-refractivity contribution in [3.63, 3.8) is 0 Å². The third-order valence-corrected chi connectivity index (χ3v) is 18.8. The minimum absolute atomic E-state index is 0.0310. The van der Waals surface area contributed by atoms with Gasteiger partial charge in [-0.05, 0) is 108 Å². The molecular weight excluding hydrogens is 1100 g/mol. The Morgan fingerprint density at radius 2 is 1.04 bits per heavy atom. The van der Waals surface area contributed by atoms with Gasteiger partial charge in [-0.3, -0.25) is 0 Å². The zero-order valence-electron chi connectivity index (χ0n) is 42.7. The van der Waals surface area contributed by atoms with Gasteiger partial charge in [0.15, 0.2) is 17.5 Å².